The van der Waals surface area contributed by atoms with Crippen LogP contribution in [0.4, 0.5) is 22.7 Å². The monoisotopic (exact) mass is 928 g/mol. The number of pyridine rings is 1. The fourth-order valence-corrected chi connectivity index (χ4v) is 11.0. The van der Waals surface area contributed by atoms with E-state index in [1.54, 1.807) is 16.8 Å². The highest BCUT2D eigenvalue weighted by Gasteiger charge is 2.64. The zero-order valence-electron chi connectivity index (χ0n) is 50.9. The van der Waals surface area contributed by atoms with Crippen molar-refractivity contribution >= 4 is 66.4 Å². The first-order valence-electron chi connectivity index (χ1n) is 28.8. The standard InChI is InChI=1S/C64H64N5O/c1-41(2)49-25-19-29-58-61(49)69(46-33-43(63(6,7)8)32-44(34-46)64(9,10)11)39-68(58,40-69)45-20-18-21-47(36-45)70-48-37-56(66-53-26-15-12-22-50(53)51-23-13-16-27-54(51)66)60-52-24-14-17-28-55(52)67(57(60)38-48)59-35-42(30-31-65-59)62(3,4)5/h12-39,41H,40H2,1-11H3/q+1/t68-,69+/m1/s1/i12D,13D,15D,16D,22D,23D,26D,27D,41D. The van der Waals surface area contributed by atoms with E-state index in [9.17, 15) is 6.85 Å². The van der Waals surface area contributed by atoms with Crippen molar-refractivity contribution in [2.75, 3.05) is 6.67 Å². The third-order valence-corrected chi connectivity index (χ3v) is 14.7. The van der Waals surface area contributed by atoms with E-state index < -0.39 is 54.2 Å². The minimum Gasteiger partial charge on any atom is -0.457 e. The molecule has 0 unspecified atom stereocenters. The lowest BCUT2D eigenvalue weighted by molar-refractivity contribution is 0.186. The summed E-state index contributed by atoms with van der Waals surface area (Å²) in [6, 6.07) is 33.6. The topological polar surface area (TPSA) is 32.0 Å². The number of hydrogen-bond acceptors (Lipinski definition) is 2. The minimum atomic E-state index is -0.908. The van der Waals surface area contributed by atoms with Crippen LogP contribution in [0.5, 0.6) is 11.5 Å². The van der Waals surface area contributed by atoms with E-state index in [1.807, 2.05) is 62.4 Å². The van der Waals surface area contributed by atoms with Crippen LogP contribution in [0.25, 0.3) is 55.1 Å². The Kier molecular flexibility index (Phi) is 7.66. The van der Waals surface area contributed by atoms with Crippen molar-refractivity contribution < 1.29 is 17.1 Å². The maximum Gasteiger partial charge on any atom is 0.186 e. The number of quaternary nitrogens is 2. The second-order valence-electron chi connectivity index (χ2n) is 22.7. The van der Waals surface area contributed by atoms with Gasteiger partial charge in [-0.3, -0.25) is 13.5 Å². The SMILES string of the molecule is [2H]c1c([2H])c([2H])c2c(c1[2H])c1c([2H])c([2H])c([2H])c([2H])c1n2-c1cc(Oc2cccc([N@@+]34[CH-][N@@+](c5cc(C(C)(C)C)cc(C(C)(C)C)c5)(C3)c3c(C([2H])(C)C)cccc34)c2)cc2c1c1ccccc1n2-c1cc(C(C)(C)C)ccn1. The number of benzene rings is 7. The molecule has 1 saturated heterocycles. The molecule has 2 atom stereocenters. The van der Waals surface area contributed by atoms with Gasteiger partial charge in [0.25, 0.3) is 0 Å². The van der Waals surface area contributed by atoms with Gasteiger partial charge in [0.2, 0.25) is 0 Å². The Morgan fingerprint density at radius 3 is 1.89 bits per heavy atom. The van der Waals surface area contributed by atoms with E-state index in [0.29, 0.717) is 49.5 Å². The van der Waals surface area contributed by atoms with Crippen molar-refractivity contribution in [2.24, 2.45) is 0 Å². The van der Waals surface area contributed by atoms with Crippen LogP contribution < -0.4 is 13.7 Å². The number of rotatable bonds is 7. The van der Waals surface area contributed by atoms with E-state index >= 15 is 0 Å². The molecule has 6 nitrogen and oxygen atoms in total. The van der Waals surface area contributed by atoms with Gasteiger partial charge in [-0.25, -0.2) is 4.98 Å². The first-order chi connectivity index (χ1) is 37.0. The molecule has 2 bridgehead atoms. The molecule has 0 spiro atoms. The third kappa shape index (κ3) is 6.63. The molecular weight excluding hydrogens is 855 g/mol. The summed E-state index contributed by atoms with van der Waals surface area (Å²) in [5.41, 5.74) is 10.2. The average molecular weight is 928 g/mol. The predicted molar refractivity (Wildman–Crippen MR) is 295 cm³/mol. The molecule has 10 aromatic rings. The minimum absolute atomic E-state index is 0.00875. The number of hydrogen-bond donors (Lipinski definition) is 0. The highest BCUT2D eigenvalue weighted by Crippen LogP contribution is 2.67. The highest BCUT2D eigenvalue weighted by atomic mass is 16.5. The fraction of sp³-hybridized carbons (Fsp3) is 0.250. The predicted octanol–water partition coefficient (Wildman–Crippen LogP) is 17.5. The van der Waals surface area contributed by atoms with Gasteiger partial charge in [0.05, 0.1) is 45.4 Å². The second kappa shape index (κ2) is 15.3. The normalized spacial score (nSPS) is 20.0. The molecule has 6 heterocycles. The largest absolute Gasteiger partial charge is 0.457 e. The van der Waals surface area contributed by atoms with Gasteiger partial charge < -0.3 is 9.30 Å². The number of ether oxygens (including phenoxy) is 1. The Morgan fingerprint density at radius 1 is 0.586 bits per heavy atom. The van der Waals surface area contributed by atoms with Gasteiger partial charge in [-0.15, -0.1) is 0 Å². The first-order valence-corrected chi connectivity index (χ1v) is 24.3. The van der Waals surface area contributed by atoms with Crippen LogP contribution in [0, 0.1) is 6.67 Å². The average Bonchev–Trinajstić information content (AvgIpc) is 1.75. The Bertz CT molecular complexity index is 4170. The van der Waals surface area contributed by atoms with Crippen molar-refractivity contribution in [1.29, 1.82) is 0 Å². The van der Waals surface area contributed by atoms with Gasteiger partial charge in [-0.05, 0) is 81.2 Å². The molecule has 0 N–H and O–H groups in total. The van der Waals surface area contributed by atoms with Crippen LogP contribution in [0.1, 0.15) is 117 Å². The summed E-state index contributed by atoms with van der Waals surface area (Å²) in [6.07, 6.45) is 1.80. The molecule has 0 aliphatic carbocycles. The molecule has 3 aromatic heterocycles. The van der Waals surface area contributed by atoms with Crippen molar-refractivity contribution in [3.63, 3.8) is 0 Å². The maximum atomic E-state index is 9.52. The van der Waals surface area contributed by atoms with Crippen molar-refractivity contribution in [3.8, 4) is 23.0 Å². The van der Waals surface area contributed by atoms with Crippen LogP contribution in [0.15, 0.2) is 164 Å². The quantitative estimate of drug-likeness (QED) is 0.118. The summed E-state index contributed by atoms with van der Waals surface area (Å²) >= 11 is 0. The Balaban J connectivity index is 1.11. The zero-order chi connectivity index (χ0) is 56.6. The highest BCUT2D eigenvalue weighted by molar-refractivity contribution is 6.16. The Labute approximate surface area is 425 Å². The van der Waals surface area contributed by atoms with E-state index in [4.69, 9.17) is 15.2 Å². The van der Waals surface area contributed by atoms with E-state index in [1.165, 1.54) is 11.1 Å². The van der Waals surface area contributed by atoms with Crippen LogP contribution in [0.3, 0.4) is 0 Å². The molecule has 0 radical (unpaired) electrons. The molecule has 0 amide bonds. The van der Waals surface area contributed by atoms with Gasteiger partial charge in [-0.1, -0.05) is 155 Å². The summed E-state index contributed by atoms with van der Waals surface area (Å²) in [7, 11) is 0. The van der Waals surface area contributed by atoms with E-state index in [0.717, 1.165) is 44.8 Å². The Hall–Kier alpha value is -6.99. The lowest BCUT2D eigenvalue weighted by Crippen LogP contribution is -2.67. The zero-order valence-corrected chi connectivity index (χ0v) is 41.9. The molecular formula is C64H64N5O+. The number of para-hydroxylation sites is 4. The van der Waals surface area contributed by atoms with Crippen LogP contribution >= 0.6 is 0 Å². The molecule has 350 valence electrons. The van der Waals surface area contributed by atoms with Crippen molar-refractivity contribution in [3.05, 3.63) is 193 Å². The molecule has 3 aliphatic heterocycles. The first kappa shape index (κ1) is 35.2. The fourth-order valence-electron chi connectivity index (χ4n) is 11.0. The van der Waals surface area contributed by atoms with E-state index in [-0.39, 0.29) is 38.1 Å². The number of aromatic nitrogens is 3. The summed E-state index contributed by atoms with van der Waals surface area (Å²) < 4.78 is 94.2. The lowest BCUT2D eigenvalue weighted by atomic mass is 9.80. The molecule has 7 aromatic carbocycles. The van der Waals surface area contributed by atoms with Crippen molar-refractivity contribution in [2.45, 2.75) is 98.3 Å². The Morgan fingerprint density at radius 2 is 1.23 bits per heavy atom. The molecule has 3 aliphatic rings. The summed E-state index contributed by atoms with van der Waals surface area (Å²) in [6.45, 7) is 26.9. The van der Waals surface area contributed by atoms with Gasteiger partial charge >= 0.3 is 0 Å². The van der Waals surface area contributed by atoms with Gasteiger partial charge in [0.15, 0.2) is 18.0 Å². The molecule has 6 heteroatoms. The van der Waals surface area contributed by atoms with Gasteiger partial charge in [0.1, 0.15) is 28.7 Å². The second-order valence-corrected chi connectivity index (χ2v) is 22.7. The van der Waals surface area contributed by atoms with Gasteiger partial charge in [-0.2, -0.15) is 0 Å². The van der Waals surface area contributed by atoms with Crippen LogP contribution in [-0.4, -0.2) is 20.8 Å². The number of fused-ring (bicyclic) bond motifs is 6. The molecule has 1 fully saturated rings. The molecule has 70 heavy (non-hydrogen) atoms. The summed E-state index contributed by atoms with van der Waals surface area (Å²) in [4.78, 5) is 4.96. The molecule has 13 rings (SSSR count). The van der Waals surface area contributed by atoms with E-state index in [2.05, 4.69) is 128 Å². The van der Waals surface area contributed by atoms with Crippen LogP contribution in [0.2, 0.25) is 0 Å². The third-order valence-electron chi connectivity index (χ3n) is 14.7. The molecule has 0 saturated carbocycles. The van der Waals surface area contributed by atoms with Gasteiger partial charge in [0, 0.05) is 71.1 Å². The smallest absolute Gasteiger partial charge is 0.186 e. The summed E-state index contributed by atoms with van der Waals surface area (Å²) in [5, 5.41) is 1.39. The summed E-state index contributed by atoms with van der Waals surface area (Å²) in [5.74, 6) is 0.602. The lowest BCUT2D eigenvalue weighted by Gasteiger charge is -2.56. The van der Waals surface area contributed by atoms with Crippen LogP contribution in [-0.2, 0) is 16.2 Å². The number of nitrogens with zero attached hydrogens (tertiary/aromatic N) is 5. The van der Waals surface area contributed by atoms with Crippen molar-refractivity contribution in [1.82, 2.24) is 23.1 Å². The maximum absolute atomic E-state index is 9.52.